The van der Waals surface area contributed by atoms with Crippen molar-refractivity contribution in [2.24, 2.45) is 7.05 Å². The maximum absolute atomic E-state index is 13.4. The lowest BCUT2D eigenvalue weighted by Crippen LogP contribution is -2.40. The summed E-state index contributed by atoms with van der Waals surface area (Å²) in [6.45, 7) is 4.68. The number of hydrogen-bond acceptors (Lipinski definition) is 2. The van der Waals surface area contributed by atoms with Gasteiger partial charge in [0, 0.05) is 25.3 Å². The number of carbonyl (C=O) groups excluding carboxylic acids is 1. The molecule has 1 amide bonds. The maximum atomic E-state index is 13.4. The summed E-state index contributed by atoms with van der Waals surface area (Å²) < 4.78 is 7.46. The molecule has 28 heavy (non-hydrogen) atoms. The molecule has 0 N–H and O–H groups in total. The van der Waals surface area contributed by atoms with Crippen molar-refractivity contribution in [3.05, 3.63) is 89.2 Å². The van der Waals surface area contributed by atoms with Crippen LogP contribution in [0.15, 0.2) is 66.7 Å². The second kappa shape index (κ2) is 8.79. The quantitative estimate of drug-likeness (QED) is 0.603. The molecule has 4 heteroatoms. The van der Waals surface area contributed by atoms with Gasteiger partial charge >= 0.3 is 0 Å². The van der Waals surface area contributed by atoms with Crippen molar-refractivity contribution >= 4 is 5.91 Å². The van der Waals surface area contributed by atoms with Gasteiger partial charge in [-0.1, -0.05) is 48.5 Å². The van der Waals surface area contributed by atoms with Crippen molar-refractivity contribution < 1.29 is 9.53 Å². The monoisotopic (exact) mass is 376 g/mol. The van der Waals surface area contributed by atoms with Gasteiger partial charge in [0.1, 0.15) is 11.4 Å². The van der Waals surface area contributed by atoms with Crippen LogP contribution in [0.5, 0.6) is 5.75 Å². The maximum Gasteiger partial charge on any atom is 0.271 e. The first-order valence-electron chi connectivity index (χ1n) is 9.60. The molecule has 0 aliphatic carbocycles. The summed E-state index contributed by atoms with van der Waals surface area (Å²) >= 11 is 0. The molecule has 1 atom stereocenters. The van der Waals surface area contributed by atoms with Crippen LogP contribution >= 0.6 is 0 Å². The van der Waals surface area contributed by atoms with Crippen LogP contribution in [0.4, 0.5) is 0 Å². The zero-order valence-electron chi connectivity index (χ0n) is 17.1. The van der Waals surface area contributed by atoms with E-state index in [4.69, 9.17) is 4.74 Å². The third kappa shape index (κ3) is 4.28. The van der Waals surface area contributed by atoms with Crippen LogP contribution in [-0.2, 0) is 20.0 Å². The van der Waals surface area contributed by atoms with E-state index in [1.807, 2.05) is 72.0 Å². The fraction of sp³-hybridized carbons (Fsp3) is 0.292. The molecule has 0 saturated carbocycles. The van der Waals surface area contributed by atoms with Gasteiger partial charge in [-0.15, -0.1) is 0 Å². The number of nitrogens with zero attached hydrogens (tertiary/aromatic N) is 2. The van der Waals surface area contributed by atoms with Gasteiger partial charge in [0.25, 0.3) is 5.91 Å². The van der Waals surface area contributed by atoms with Gasteiger partial charge < -0.3 is 14.2 Å². The van der Waals surface area contributed by atoms with Gasteiger partial charge in [-0.3, -0.25) is 4.79 Å². The first kappa shape index (κ1) is 19.7. The predicted octanol–water partition coefficient (Wildman–Crippen LogP) is 4.62. The van der Waals surface area contributed by atoms with Crippen LogP contribution in [0.2, 0.25) is 0 Å². The first-order valence-corrected chi connectivity index (χ1v) is 9.60. The molecular formula is C24H28N2O2. The zero-order chi connectivity index (χ0) is 20.1. The van der Waals surface area contributed by atoms with E-state index >= 15 is 0 Å². The molecule has 1 aromatic heterocycles. The Morgan fingerprint density at radius 1 is 1.04 bits per heavy atom. The van der Waals surface area contributed by atoms with Crippen LogP contribution in [0.1, 0.15) is 34.2 Å². The van der Waals surface area contributed by atoms with Crippen molar-refractivity contribution in [1.29, 1.82) is 0 Å². The molecule has 0 spiro atoms. The first-order chi connectivity index (χ1) is 13.5. The second-order valence-corrected chi connectivity index (χ2v) is 7.20. The summed E-state index contributed by atoms with van der Waals surface area (Å²) in [6.07, 6.45) is 0.728. The molecule has 0 fully saturated rings. The van der Waals surface area contributed by atoms with Gasteiger partial charge in [0.05, 0.1) is 7.11 Å². The van der Waals surface area contributed by atoms with E-state index in [9.17, 15) is 4.79 Å². The van der Waals surface area contributed by atoms with E-state index in [0.29, 0.717) is 12.2 Å². The van der Waals surface area contributed by atoms with Gasteiger partial charge in [0.15, 0.2) is 0 Å². The predicted molar refractivity (Wildman–Crippen MR) is 113 cm³/mol. The SMILES string of the molecule is COc1ccccc1CC(C)N(Cc1ccccc1)C(=O)c1ccc(C)n1C. The number of ether oxygens (including phenoxy) is 1. The molecule has 3 aromatic rings. The van der Waals surface area contributed by atoms with Crippen molar-refractivity contribution in [2.45, 2.75) is 32.9 Å². The largest absolute Gasteiger partial charge is 0.496 e. The summed E-state index contributed by atoms with van der Waals surface area (Å²) in [5, 5.41) is 0. The number of hydrogen-bond donors (Lipinski definition) is 0. The number of rotatable bonds is 7. The van der Waals surface area contributed by atoms with E-state index < -0.39 is 0 Å². The van der Waals surface area contributed by atoms with Gasteiger partial charge in [-0.25, -0.2) is 0 Å². The van der Waals surface area contributed by atoms with Crippen molar-refractivity contribution in [3.8, 4) is 5.75 Å². The highest BCUT2D eigenvalue weighted by Gasteiger charge is 2.25. The third-order valence-electron chi connectivity index (χ3n) is 5.29. The Balaban J connectivity index is 1.90. The highest BCUT2D eigenvalue weighted by molar-refractivity contribution is 5.93. The van der Waals surface area contributed by atoms with Crippen LogP contribution in [0, 0.1) is 6.92 Å². The van der Waals surface area contributed by atoms with E-state index in [-0.39, 0.29) is 11.9 Å². The zero-order valence-corrected chi connectivity index (χ0v) is 17.1. The van der Waals surface area contributed by atoms with Gasteiger partial charge in [0.2, 0.25) is 0 Å². The van der Waals surface area contributed by atoms with Gasteiger partial charge in [-0.2, -0.15) is 0 Å². The Hall–Kier alpha value is -3.01. The normalized spacial score (nSPS) is 11.9. The summed E-state index contributed by atoms with van der Waals surface area (Å²) in [6, 6.07) is 22.0. The van der Waals surface area contributed by atoms with E-state index in [1.165, 1.54) is 0 Å². The van der Waals surface area contributed by atoms with Gasteiger partial charge in [-0.05, 0) is 49.6 Å². The standard InChI is InChI=1S/C24H28N2O2/c1-18-14-15-22(25(18)3)24(27)26(17-20-10-6-5-7-11-20)19(2)16-21-12-8-9-13-23(21)28-4/h5-15,19H,16-17H2,1-4H3. The smallest absolute Gasteiger partial charge is 0.271 e. The molecule has 1 unspecified atom stereocenters. The number of benzene rings is 2. The molecule has 2 aromatic carbocycles. The number of amides is 1. The molecule has 0 aliphatic rings. The Bertz CT molecular complexity index is 931. The lowest BCUT2D eigenvalue weighted by molar-refractivity contribution is 0.0664. The molecule has 0 saturated heterocycles. The second-order valence-electron chi connectivity index (χ2n) is 7.20. The van der Waals surface area contributed by atoms with E-state index in [0.717, 1.165) is 29.0 Å². The van der Waals surface area contributed by atoms with Crippen LogP contribution < -0.4 is 4.74 Å². The minimum atomic E-state index is 0.0132. The number of carbonyl (C=O) groups is 1. The van der Waals surface area contributed by atoms with Crippen molar-refractivity contribution in [1.82, 2.24) is 9.47 Å². The summed E-state index contributed by atoms with van der Waals surface area (Å²) in [5.41, 5.74) is 4.00. The number of aromatic nitrogens is 1. The molecule has 146 valence electrons. The Morgan fingerprint density at radius 2 is 1.71 bits per heavy atom. The highest BCUT2D eigenvalue weighted by atomic mass is 16.5. The van der Waals surface area contributed by atoms with Crippen molar-refractivity contribution in [3.63, 3.8) is 0 Å². The molecular weight excluding hydrogens is 348 g/mol. The Labute approximate surface area is 167 Å². The number of methoxy groups -OCH3 is 1. The molecule has 3 rings (SSSR count). The minimum absolute atomic E-state index is 0.0132. The lowest BCUT2D eigenvalue weighted by Gasteiger charge is -2.30. The lowest BCUT2D eigenvalue weighted by atomic mass is 10.0. The van der Waals surface area contributed by atoms with Crippen LogP contribution in [0.25, 0.3) is 0 Å². The molecule has 4 nitrogen and oxygen atoms in total. The highest BCUT2D eigenvalue weighted by Crippen LogP contribution is 2.23. The van der Waals surface area contributed by atoms with E-state index in [2.05, 4.69) is 25.1 Å². The third-order valence-corrected chi connectivity index (χ3v) is 5.29. The van der Waals surface area contributed by atoms with Crippen LogP contribution in [0.3, 0.4) is 0 Å². The number of aryl methyl sites for hydroxylation is 1. The summed E-state index contributed by atoms with van der Waals surface area (Å²) in [7, 11) is 3.62. The summed E-state index contributed by atoms with van der Waals surface area (Å²) in [5.74, 6) is 0.901. The molecule has 0 radical (unpaired) electrons. The average molecular weight is 377 g/mol. The molecule has 0 aliphatic heterocycles. The fourth-order valence-corrected chi connectivity index (χ4v) is 3.48. The Morgan fingerprint density at radius 3 is 2.36 bits per heavy atom. The van der Waals surface area contributed by atoms with E-state index in [1.54, 1.807) is 7.11 Å². The minimum Gasteiger partial charge on any atom is -0.496 e. The van der Waals surface area contributed by atoms with Crippen LogP contribution in [-0.4, -0.2) is 28.5 Å². The van der Waals surface area contributed by atoms with Crippen molar-refractivity contribution in [2.75, 3.05) is 7.11 Å². The molecule has 1 heterocycles. The number of para-hydroxylation sites is 1. The Kier molecular flexibility index (Phi) is 6.19. The molecule has 0 bridgehead atoms. The summed E-state index contributed by atoms with van der Waals surface area (Å²) in [4.78, 5) is 15.4. The average Bonchev–Trinajstić information content (AvgIpc) is 3.05. The fourth-order valence-electron chi connectivity index (χ4n) is 3.48. The topological polar surface area (TPSA) is 34.5 Å².